The van der Waals surface area contributed by atoms with E-state index in [0.29, 0.717) is 5.41 Å². The molecule has 5 rings (SSSR count). The van der Waals surface area contributed by atoms with Crippen LogP contribution in [0, 0.1) is 29.1 Å². The van der Waals surface area contributed by atoms with Crippen molar-refractivity contribution in [1.82, 2.24) is 5.32 Å². The van der Waals surface area contributed by atoms with Gasteiger partial charge in [-0.2, -0.15) is 0 Å². The van der Waals surface area contributed by atoms with Gasteiger partial charge in [0.05, 0.1) is 4.88 Å². The van der Waals surface area contributed by atoms with Crippen LogP contribution in [0.15, 0.2) is 17.5 Å². The highest BCUT2D eigenvalue weighted by Gasteiger charge is 2.54. The van der Waals surface area contributed by atoms with Gasteiger partial charge in [-0.3, -0.25) is 4.79 Å². The molecule has 2 nitrogen and oxygen atoms in total. The van der Waals surface area contributed by atoms with Crippen molar-refractivity contribution in [2.75, 3.05) is 6.54 Å². The van der Waals surface area contributed by atoms with E-state index in [1.54, 1.807) is 0 Å². The van der Waals surface area contributed by atoms with Gasteiger partial charge in [-0.05, 0) is 72.6 Å². The second-order valence-corrected chi connectivity index (χ2v) is 8.42. The van der Waals surface area contributed by atoms with Gasteiger partial charge >= 0.3 is 0 Å². The summed E-state index contributed by atoms with van der Waals surface area (Å²) < 4.78 is 0. The maximum atomic E-state index is 12.2. The Balaban J connectivity index is 1.46. The maximum Gasteiger partial charge on any atom is 0.261 e. The minimum atomic E-state index is 0.120. The molecule has 4 fully saturated rings. The van der Waals surface area contributed by atoms with E-state index in [9.17, 15) is 4.79 Å². The molecule has 3 heteroatoms. The summed E-state index contributed by atoms with van der Waals surface area (Å²) in [6.45, 7) is 3.31. The molecule has 1 heterocycles. The fourth-order valence-electron chi connectivity index (χ4n) is 5.32. The van der Waals surface area contributed by atoms with Gasteiger partial charge in [-0.15, -0.1) is 11.3 Å². The topological polar surface area (TPSA) is 29.1 Å². The van der Waals surface area contributed by atoms with E-state index in [1.807, 2.05) is 17.5 Å². The van der Waals surface area contributed by atoms with E-state index in [2.05, 4.69) is 12.2 Å². The molecule has 0 saturated heterocycles. The fourth-order valence-corrected chi connectivity index (χ4v) is 5.96. The van der Waals surface area contributed by atoms with Crippen molar-refractivity contribution < 1.29 is 4.79 Å². The number of hydrogen-bond donors (Lipinski definition) is 1. The molecule has 0 aliphatic heterocycles. The van der Waals surface area contributed by atoms with Crippen LogP contribution < -0.4 is 5.32 Å². The molecule has 0 unspecified atom stereocenters. The average molecular weight is 289 g/mol. The third-order valence-electron chi connectivity index (χ3n) is 6.38. The van der Waals surface area contributed by atoms with Crippen LogP contribution in [0.1, 0.15) is 48.7 Å². The number of rotatable bonds is 3. The Labute approximate surface area is 125 Å². The van der Waals surface area contributed by atoms with Crippen LogP contribution in [-0.2, 0) is 0 Å². The van der Waals surface area contributed by atoms with E-state index in [-0.39, 0.29) is 5.91 Å². The molecule has 4 saturated carbocycles. The molecule has 0 radical (unpaired) electrons. The maximum absolute atomic E-state index is 12.2. The van der Waals surface area contributed by atoms with E-state index in [1.165, 1.54) is 43.4 Å². The zero-order chi connectivity index (χ0) is 13.7. The largest absolute Gasteiger partial charge is 0.351 e. The monoisotopic (exact) mass is 289 g/mol. The Bertz CT molecular complexity index is 479. The smallest absolute Gasteiger partial charge is 0.261 e. The first-order valence-corrected chi connectivity index (χ1v) is 8.85. The Morgan fingerprint density at radius 2 is 1.90 bits per heavy atom. The molecule has 108 valence electrons. The summed E-state index contributed by atoms with van der Waals surface area (Å²) >= 11 is 1.53. The van der Waals surface area contributed by atoms with Crippen LogP contribution >= 0.6 is 11.3 Å². The third-order valence-corrected chi connectivity index (χ3v) is 7.25. The van der Waals surface area contributed by atoms with Crippen molar-refractivity contribution >= 4 is 17.2 Å². The second-order valence-electron chi connectivity index (χ2n) is 7.47. The molecular weight excluding hydrogens is 266 g/mol. The van der Waals surface area contributed by atoms with Crippen molar-refractivity contribution in [3.05, 3.63) is 22.4 Å². The molecule has 1 aromatic heterocycles. The molecule has 0 atom stereocenters. The minimum Gasteiger partial charge on any atom is -0.351 e. The Hall–Kier alpha value is -0.830. The van der Waals surface area contributed by atoms with E-state index in [4.69, 9.17) is 0 Å². The first-order valence-electron chi connectivity index (χ1n) is 7.97. The zero-order valence-electron chi connectivity index (χ0n) is 12.1. The predicted octanol–water partition coefficient (Wildman–Crippen LogP) is 3.94. The highest BCUT2D eigenvalue weighted by Crippen LogP contribution is 2.61. The van der Waals surface area contributed by atoms with Crippen molar-refractivity contribution in [3.63, 3.8) is 0 Å². The van der Waals surface area contributed by atoms with Crippen molar-refractivity contribution in [2.45, 2.75) is 39.0 Å². The number of thiophene rings is 1. The Kier molecular flexibility index (Phi) is 2.95. The molecule has 4 aliphatic rings. The van der Waals surface area contributed by atoms with Crippen LogP contribution in [0.25, 0.3) is 0 Å². The summed E-state index contributed by atoms with van der Waals surface area (Å²) in [5.74, 6) is 3.82. The van der Waals surface area contributed by atoms with Crippen LogP contribution in [0.5, 0.6) is 0 Å². The Morgan fingerprint density at radius 1 is 1.25 bits per heavy atom. The van der Waals surface area contributed by atoms with Crippen molar-refractivity contribution in [1.29, 1.82) is 0 Å². The van der Waals surface area contributed by atoms with Gasteiger partial charge in [0.1, 0.15) is 0 Å². The van der Waals surface area contributed by atoms with Crippen LogP contribution in [0.4, 0.5) is 0 Å². The van der Waals surface area contributed by atoms with Crippen LogP contribution in [-0.4, -0.2) is 12.5 Å². The normalized spacial score (nSPS) is 41.9. The molecule has 0 aromatic carbocycles. The second kappa shape index (κ2) is 4.59. The summed E-state index contributed by atoms with van der Waals surface area (Å²) in [7, 11) is 0. The summed E-state index contributed by atoms with van der Waals surface area (Å²) in [6.07, 6.45) is 7.15. The van der Waals surface area contributed by atoms with Gasteiger partial charge < -0.3 is 5.32 Å². The summed E-state index contributed by atoms with van der Waals surface area (Å²) in [4.78, 5) is 13.0. The highest BCUT2D eigenvalue weighted by atomic mass is 32.1. The number of carbonyl (C=O) groups excluding carboxylic acids is 1. The van der Waals surface area contributed by atoms with E-state index < -0.39 is 0 Å². The third kappa shape index (κ3) is 1.93. The molecule has 0 spiro atoms. The molecule has 4 bridgehead atoms. The SMILES string of the molecule is CC1(CNC(=O)c2cccs2)C2CC3CC(C2)CC1C3. The van der Waals surface area contributed by atoms with E-state index >= 15 is 0 Å². The van der Waals surface area contributed by atoms with Crippen molar-refractivity contribution in [2.24, 2.45) is 29.1 Å². The van der Waals surface area contributed by atoms with Crippen LogP contribution in [0.3, 0.4) is 0 Å². The fraction of sp³-hybridized carbons (Fsp3) is 0.706. The molecular formula is C17H23NOS. The molecule has 1 amide bonds. The predicted molar refractivity (Wildman–Crippen MR) is 81.8 cm³/mol. The quantitative estimate of drug-likeness (QED) is 0.897. The number of nitrogens with one attached hydrogen (secondary N) is 1. The molecule has 1 aromatic rings. The van der Waals surface area contributed by atoms with Gasteiger partial charge in [0.15, 0.2) is 0 Å². The Morgan fingerprint density at radius 3 is 2.45 bits per heavy atom. The lowest BCUT2D eigenvalue weighted by atomic mass is 9.46. The molecule has 4 aliphatic carbocycles. The highest BCUT2D eigenvalue weighted by molar-refractivity contribution is 7.12. The standard InChI is InChI=1S/C17H23NOS/c1-17(10-18-16(19)15-3-2-4-20-15)13-6-11-5-12(8-13)9-14(17)7-11/h2-4,11-14H,5-10H2,1H3,(H,18,19). The lowest BCUT2D eigenvalue weighted by molar-refractivity contribution is -0.0955. The summed E-state index contributed by atoms with van der Waals surface area (Å²) in [5, 5.41) is 5.20. The lowest BCUT2D eigenvalue weighted by Gasteiger charge is -2.60. The van der Waals surface area contributed by atoms with Gasteiger partial charge in [0.25, 0.3) is 5.91 Å². The number of carbonyl (C=O) groups is 1. The summed E-state index contributed by atoms with van der Waals surface area (Å²) in [5.41, 5.74) is 0.348. The number of amides is 1. The lowest BCUT2D eigenvalue weighted by Crippen LogP contribution is -2.55. The van der Waals surface area contributed by atoms with E-state index in [0.717, 1.165) is 35.1 Å². The average Bonchev–Trinajstić information content (AvgIpc) is 2.96. The number of hydrogen-bond acceptors (Lipinski definition) is 2. The zero-order valence-corrected chi connectivity index (χ0v) is 12.9. The van der Waals surface area contributed by atoms with Crippen molar-refractivity contribution in [3.8, 4) is 0 Å². The first-order chi connectivity index (χ1) is 9.65. The van der Waals surface area contributed by atoms with Gasteiger partial charge in [-0.25, -0.2) is 0 Å². The van der Waals surface area contributed by atoms with Gasteiger partial charge in [0.2, 0.25) is 0 Å². The first kappa shape index (κ1) is 12.9. The molecule has 1 N–H and O–H groups in total. The summed E-state index contributed by atoms with van der Waals surface area (Å²) in [6, 6.07) is 3.86. The van der Waals surface area contributed by atoms with Gasteiger partial charge in [-0.1, -0.05) is 13.0 Å². The van der Waals surface area contributed by atoms with Crippen LogP contribution in [0.2, 0.25) is 0 Å². The molecule has 20 heavy (non-hydrogen) atoms. The van der Waals surface area contributed by atoms with Gasteiger partial charge in [0, 0.05) is 6.54 Å². The minimum absolute atomic E-state index is 0.120.